The third-order valence-corrected chi connectivity index (χ3v) is 6.63. The lowest BCUT2D eigenvalue weighted by Gasteiger charge is -2.35. The molecule has 180 valence electrons. The van der Waals surface area contributed by atoms with Crippen LogP contribution in [0.4, 0.5) is 0 Å². The highest BCUT2D eigenvalue weighted by atomic mass is 16.5. The van der Waals surface area contributed by atoms with Crippen molar-refractivity contribution < 1.29 is 24.2 Å². The van der Waals surface area contributed by atoms with Crippen molar-refractivity contribution in [2.45, 2.75) is 65.0 Å². The van der Waals surface area contributed by atoms with Gasteiger partial charge in [0.05, 0.1) is 30.4 Å². The summed E-state index contributed by atoms with van der Waals surface area (Å²) in [5.41, 5.74) is 2.36. The van der Waals surface area contributed by atoms with Crippen LogP contribution in [0.5, 0.6) is 11.5 Å². The Balaban J connectivity index is 1.88. The Morgan fingerprint density at radius 3 is 2.41 bits per heavy atom. The lowest BCUT2D eigenvalue weighted by atomic mass is 9.90. The van der Waals surface area contributed by atoms with Gasteiger partial charge in [0, 0.05) is 12.1 Å². The van der Waals surface area contributed by atoms with Crippen LogP contribution in [0.1, 0.15) is 68.7 Å². The number of amides is 1. The Morgan fingerprint density at radius 1 is 1.00 bits per heavy atom. The molecule has 0 spiro atoms. The lowest BCUT2D eigenvalue weighted by Crippen LogP contribution is -2.40. The topological polar surface area (TPSA) is 76.1 Å². The van der Waals surface area contributed by atoms with Crippen molar-refractivity contribution in [1.29, 1.82) is 0 Å². The number of hydrogen-bond acceptors (Lipinski definition) is 5. The predicted octanol–water partition coefficient (Wildman–Crippen LogP) is 5.55. The van der Waals surface area contributed by atoms with Crippen molar-refractivity contribution in [1.82, 2.24) is 4.90 Å². The number of carbonyl (C=O) groups excluding carboxylic acids is 2. The minimum absolute atomic E-state index is 0.0206. The maximum atomic E-state index is 13.4. The Bertz CT molecular complexity index is 1100. The normalized spacial score (nSPS) is 20.6. The molecule has 1 aliphatic heterocycles. The zero-order valence-corrected chi connectivity index (χ0v) is 20.2. The van der Waals surface area contributed by atoms with Crippen LogP contribution in [-0.4, -0.2) is 41.0 Å². The number of Topliss-reactive ketones (excluding diaryl/α,β-unsaturated/α-hetero) is 1. The first kappa shape index (κ1) is 23.9. The SMILES string of the molecule is CCOc1ccc(/C(O)=C2/C(=O)C(=O)N(C3CCCCC3)C2c2cccc(C)c2)c(OCC)c1. The summed E-state index contributed by atoms with van der Waals surface area (Å²) in [6.07, 6.45) is 4.92. The predicted molar refractivity (Wildman–Crippen MR) is 131 cm³/mol. The molecule has 2 aliphatic rings. The fraction of sp³-hybridized carbons (Fsp3) is 0.429. The number of carbonyl (C=O) groups is 2. The van der Waals surface area contributed by atoms with Crippen molar-refractivity contribution in [3.8, 4) is 11.5 Å². The van der Waals surface area contributed by atoms with Gasteiger partial charge in [-0.2, -0.15) is 0 Å². The number of nitrogens with zero attached hydrogens (tertiary/aromatic N) is 1. The van der Waals surface area contributed by atoms with Gasteiger partial charge in [0.25, 0.3) is 11.7 Å². The highest BCUT2D eigenvalue weighted by Gasteiger charge is 2.49. The molecule has 1 N–H and O–H groups in total. The fourth-order valence-electron chi connectivity index (χ4n) is 5.13. The molecule has 4 rings (SSSR count). The molecule has 1 saturated heterocycles. The number of likely N-dealkylation sites (tertiary alicyclic amines) is 1. The number of ether oxygens (including phenoxy) is 2. The number of hydrogen-bond donors (Lipinski definition) is 1. The number of rotatable bonds is 7. The van der Waals surface area contributed by atoms with Gasteiger partial charge in [-0.3, -0.25) is 9.59 Å². The summed E-state index contributed by atoms with van der Waals surface area (Å²) in [5.74, 6) is -0.373. The van der Waals surface area contributed by atoms with E-state index in [4.69, 9.17) is 9.47 Å². The van der Waals surface area contributed by atoms with Gasteiger partial charge in [0.15, 0.2) is 0 Å². The van der Waals surface area contributed by atoms with E-state index in [9.17, 15) is 14.7 Å². The molecule has 1 atom stereocenters. The quantitative estimate of drug-likeness (QED) is 0.331. The summed E-state index contributed by atoms with van der Waals surface area (Å²) in [4.78, 5) is 28.5. The smallest absolute Gasteiger partial charge is 0.295 e. The molecular formula is C28H33NO5. The van der Waals surface area contributed by atoms with Crippen molar-refractivity contribution in [2.75, 3.05) is 13.2 Å². The molecule has 2 aromatic rings. The van der Waals surface area contributed by atoms with Crippen molar-refractivity contribution in [3.63, 3.8) is 0 Å². The molecule has 1 unspecified atom stereocenters. The summed E-state index contributed by atoms with van der Waals surface area (Å²) in [6.45, 7) is 6.61. The van der Waals surface area contributed by atoms with E-state index in [0.29, 0.717) is 30.3 Å². The van der Waals surface area contributed by atoms with Crippen LogP contribution in [0.15, 0.2) is 48.0 Å². The van der Waals surface area contributed by atoms with Gasteiger partial charge in [-0.05, 0) is 51.3 Å². The van der Waals surface area contributed by atoms with E-state index < -0.39 is 17.7 Å². The summed E-state index contributed by atoms with van der Waals surface area (Å²) in [6, 6.07) is 12.3. The number of aliphatic hydroxyl groups is 1. The van der Waals surface area contributed by atoms with E-state index in [1.807, 2.05) is 45.0 Å². The second-order valence-electron chi connectivity index (χ2n) is 8.94. The number of ketones is 1. The van der Waals surface area contributed by atoms with Gasteiger partial charge in [-0.1, -0.05) is 49.1 Å². The van der Waals surface area contributed by atoms with Crippen LogP contribution in [-0.2, 0) is 9.59 Å². The second kappa shape index (κ2) is 10.3. The van der Waals surface area contributed by atoms with Gasteiger partial charge in [0.2, 0.25) is 0 Å². The molecule has 6 heteroatoms. The summed E-state index contributed by atoms with van der Waals surface area (Å²) < 4.78 is 11.4. The molecule has 1 saturated carbocycles. The van der Waals surface area contributed by atoms with Crippen molar-refractivity contribution in [2.24, 2.45) is 0 Å². The van der Waals surface area contributed by atoms with Crippen LogP contribution in [0, 0.1) is 6.92 Å². The van der Waals surface area contributed by atoms with Crippen LogP contribution in [0.25, 0.3) is 5.76 Å². The minimum atomic E-state index is -0.647. The lowest BCUT2D eigenvalue weighted by molar-refractivity contribution is -0.141. The van der Waals surface area contributed by atoms with Crippen molar-refractivity contribution in [3.05, 3.63) is 64.7 Å². The number of benzene rings is 2. The average molecular weight is 464 g/mol. The van der Waals surface area contributed by atoms with Gasteiger partial charge in [0.1, 0.15) is 17.3 Å². The Labute approximate surface area is 201 Å². The third-order valence-electron chi connectivity index (χ3n) is 6.63. The van der Waals surface area contributed by atoms with E-state index in [2.05, 4.69) is 0 Å². The van der Waals surface area contributed by atoms with Crippen molar-refractivity contribution >= 4 is 17.4 Å². The molecular weight excluding hydrogens is 430 g/mol. The van der Waals surface area contributed by atoms with Crippen LogP contribution < -0.4 is 9.47 Å². The fourth-order valence-corrected chi connectivity index (χ4v) is 5.13. The Hall–Kier alpha value is -3.28. The molecule has 1 amide bonds. The third kappa shape index (κ3) is 4.54. The summed E-state index contributed by atoms with van der Waals surface area (Å²) >= 11 is 0. The monoisotopic (exact) mass is 463 g/mol. The minimum Gasteiger partial charge on any atom is -0.507 e. The largest absolute Gasteiger partial charge is 0.507 e. The van der Waals surface area contributed by atoms with Gasteiger partial charge < -0.3 is 19.5 Å². The van der Waals surface area contributed by atoms with E-state index in [-0.39, 0.29) is 17.4 Å². The highest BCUT2D eigenvalue weighted by molar-refractivity contribution is 6.46. The first-order valence-corrected chi connectivity index (χ1v) is 12.2. The average Bonchev–Trinajstić information content (AvgIpc) is 3.10. The molecule has 1 heterocycles. The van der Waals surface area contributed by atoms with E-state index >= 15 is 0 Å². The Kier molecular flexibility index (Phi) is 7.25. The molecule has 6 nitrogen and oxygen atoms in total. The zero-order valence-electron chi connectivity index (χ0n) is 20.2. The highest BCUT2D eigenvalue weighted by Crippen LogP contribution is 2.44. The maximum absolute atomic E-state index is 13.4. The zero-order chi connectivity index (χ0) is 24.2. The van der Waals surface area contributed by atoms with Crippen LogP contribution in [0.2, 0.25) is 0 Å². The standard InChI is InChI=1S/C28H33NO5/c1-4-33-21-14-15-22(23(17-21)34-5-2)26(30)24-25(19-11-9-10-18(3)16-19)29(28(32)27(24)31)20-12-7-6-8-13-20/h9-11,14-17,20,25,30H,4-8,12-13H2,1-3H3/b26-24-. The summed E-state index contributed by atoms with van der Waals surface area (Å²) in [5, 5.41) is 11.5. The molecule has 2 fully saturated rings. The van der Waals surface area contributed by atoms with Crippen LogP contribution >= 0.6 is 0 Å². The molecule has 0 radical (unpaired) electrons. The molecule has 0 bridgehead atoms. The molecule has 34 heavy (non-hydrogen) atoms. The van der Waals surface area contributed by atoms with E-state index in [1.165, 1.54) is 0 Å². The molecule has 0 aromatic heterocycles. The molecule has 2 aromatic carbocycles. The first-order chi connectivity index (χ1) is 16.5. The molecule has 1 aliphatic carbocycles. The number of aliphatic hydroxyl groups excluding tert-OH is 1. The van der Waals surface area contributed by atoms with E-state index in [0.717, 1.165) is 43.2 Å². The van der Waals surface area contributed by atoms with Gasteiger partial charge >= 0.3 is 0 Å². The van der Waals surface area contributed by atoms with E-state index in [1.54, 1.807) is 23.1 Å². The Morgan fingerprint density at radius 2 is 1.74 bits per heavy atom. The first-order valence-electron chi connectivity index (χ1n) is 12.2. The van der Waals surface area contributed by atoms with Gasteiger partial charge in [-0.25, -0.2) is 0 Å². The maximum Gasteiger partial charge on any atom is 0.295 e. The number of aryl methyl sites for hydroxylation is 1. The summed E-state index contributed by atoms with van der Waals surface area (Å²) in [7, 11) is 0. The van der Waals surface area contributed by atoms with Crippen LogP contribution in [0.3, 0.4) is 0 Å². The van der Waals surface area contributed by atoms with Gasteiger partial charge in [-0.15, -0.1) is 0 Å². The second-order valence-corrected chi connectivity index (χ2v) is 8.94.